The summed E-state index contributed by atoms with van der Waals surface area (Å²) in [6, 6.07) is 26.6. The number of benzene rings is 3. The number of piperazine rings is 1. The number of amides is 3. The number of rotatable bonds is 5. The molecule has 2 aliphatic rings. The molecule has 3 heterocycles. The number of hydrogen-bond donors (Lipinski definition) is 2. The van der Waals surface area contributed by atoms with Gasteiger partial charge in [-0.3, -0.25) is 14.4 Å². The molecule has 7 nitrogen and oxygen atoms in total. The molecule has 1 unspecified atom stereocenters. The molecule has 2 bridgehead atoms. The van der Waals surface area contributed by atoms with E-state index in [4.69, 9.17) is 0 Å². The fourth-order valence-electron chi connectivity index (χ4n) is 6.01. The number of H-pyrrole nitrogens is 1. The number of nitrogens with zero attached hydrogens (tertiary/aromatic N) is 2. The molecule has 0 spiro atoms. The number of carbonyl (C=O) groups excluding carboxylic acids is 3. The van der Waals surface area contributed by atoms with Crippen LogP contribution in [0, 0.1) is 5.41 Å². The SMILES string of the molecule is CC(C)(C)C(NC(=O)c1cc2ccccc2[nH]1)C(=O)N1C[C@@H]2C[C@H]1CN2C(=O)c1ccc(-c2ccccc2)cc1. The van der Waals surface area contributed by atoms with Gasteiger partial charge in [0.05, 0.1) is 12.1 Å². The second-order valence-corrected chi connectivity index (χ2v) is 12.0. The zero-order valence-electron chi connectivity index (χ0n) is 23.1. The van der Waals surface area contributed by atoms with E-state index in [9.17, 15) is 14.4 Å². The predicted molar refractivity (Wildman–Crippen MR) is 156 cm³/mol. The second-order valence-electron chi connectivity index (χ2n) is 12.0. The third kappa shape index (κ3) is 4.76. The summed E-state index contributed by atoms with van der Waals surface area (Å²) in [6.07, 6.45) is 0.756. The van der Waals surface area contributed by atoms with E-state index in [1.807, 2.05) is 103 Å². The van der Waals surface area contributed by atoms with Crippen LogP contribution in [0.2, 0.25) is 0 Å². The van der Waals surface area contributed by atoms with Gasteiger partial charge in [-0.25, -0.2) is 0 Å². The molecule has 2 N–H and O–H groups in total. The summed E-state index contributed by atoms with van der Waals surface area (Å²) in [5.41, 5.74) is 3.66. The van der Waals surface area contributed by atoms with Crippen LogP contribution in [0.1, 0.15) is 48.0 Å². The van der Waals surface area contributed by atoms with Gasteiger partial charge in [-0.1, -0.05) is 81.4 Å². The van der Waals surface area contributed by atoms with E-state index in [0.717, 1.165) is 28.5 Å². The molecule has 2 aliphatic heterocycles. The molecule has 0 aliphatic carbocycles. The van der Waals surface area contributed by atoms with Crippen molar-refractivity contribution >= 4 is 28.6 Å². The maximum Gasteiger partial charge on any atom is 0.268 e. The van der Waals surface area contributed by atoms with Crippen LogP contribution in [-0.4, -0.2) is 63.7 Å². The lowest BCUT2D eigenvalue weighted by molar-refractivity contribution is -0.138. The first kappa shape index (κ1) is 25.9. The van der Waals surface area contributed by atoms with E-state index < -0.39 is 11.5 Å². The number of para-hydroxylation sites is 1. The number of likely N-dealkylation sites (tertiary alicyclic amines) is 2. The predicted octanol–water partition coefficient (Wildman–Crippen LogP) is 5.10. The third-order valence-corrected chi connectivity index (χ3v) is 8.19. The highest BCUT2D eigenvalue weighted by molar-refractivity contribution is 6.00. The van der Waals surface area contributed by atoms with E-state index in [1.54, 1.807) is 0 Å². The van der Waals surface area contributed by atoms with Crippen LogP contribution < -0.4 is 5.32 Å². The molecule has 40 heavy (non-hydrogen) atoms. The quantitative estimate of drug-likeness (QED) is 0.373. The molecule has 204 valence electrons. The van der Waals surface area contributed by atoms with Crippen molar-refractivity contribution in [1.82, 2.24) is 20.1 Å². The number of aromatic amines is 1. The van der Waals surface area contributed by atoms with Gasteiger partial charge in [0, 0.05) is 29.6 Å². The van der Waals surface area contributed by atoms with Gasteiger partial charge in [0.2, 0.25) is 5.91 Å². The monoisotopic (exact) mass is 534 g/mol. The molecule has 6 rings (SSSR count). The average Bonchev–Trinajstić information content (AvgIpc) is 3.69. The van der Waals surface area contributed by atoms with E-state index in [-0.39, 0.29) is 29.8 Å². The zero-order valence-corrected chi connectivity index (χ0v) is 23.1. The molecule has 2 fully saturated rings. The van der Waals surface area contributed by atoms with Crippen LogP contribution in [0.4, 0.5) is 0 Å². The standard InChI is InChI=1S/C33H34N4O3/c1-33(2,3)29(35-30(38)28-17-24-11-7-8-12-27(24)34-28)32(40)37-20-25-18-26(37)19-36(25)31(39)23-15-13-22(14-16-23)21-9-5-4-6-10-21/h4-17,25-26,29,34H,18-20H2,1-3H3,(H,35,38)/t25-,26-,29?/m0/s1. The van der Waals surface area contributed by atoms with Gasteiger partial charge < -0.3 is 20.1 Å². The molecule has 3 atom stereocenters. The van der Waals surface area contributed by atoms with Gasteiger partial charge in [-0.2, -0.15) is 0 Å². The molecular formula is C33H34N4O3. The summed E-state index contributed by atoms with van der Waals surface area (Å²) in [5, 5.41) is 3.95. The van der Waals surface area contributed by atoms with Crippen LogP contribution >= 0.6 is 0 Å². The number of nitrogens with one attached hydrogen (secondary N) is 2. The Hall–Kier alpha value is -4.39. The van der Waals surface area contributed by atoms with Gasteiger partial charge in [0.1, 0.15) is 11.7 Å². The highest BCUT2D eigenvalue weighted by atomic mass is 16.2. The van der Waals surface area contributed by atoms with Gasteiger partial charge in [-0.15, -0.1) is 0 Å². The van der Waals surface area contributed by atoms with Crippen molar-refractivity contribution in [3.63, 3.8) is 0 Å². The Morgan fingerprint density at radius 2 is 1.45 bits per heavy atom. The van der Waals surface area contributed by atoms with E-state index in [2.05, 4.69) is 22.4 Å². The van der Waals surface area contributed by atoms with Gasteiger partial charge in [0.15, 0.2) is 0 Å². The van der Waals surface area contributed by atoms with E-state index in [1.165, 1.54) is 0 Å². The van der Waals surface area contributed by atoms with Crippen LogP contribution in [0.25, 0.3) is 22.0 Å². The average molecular weight is 535 g/mol. The van der Waals surface area contributed by atoms with Crippen molar-refractivity contribution in [1.29, 1.82) is 0 Å². The lowest BCUT2D eigenvalue weighted by atomic mass is 9.85. The highest BCUT2D eigenvalue weighted by Crippen LogP contribution is 2.34. The Morgan fingerprint density at radius 1 is 0.825 bits per heavy atom. The minimum atomic E-state index is -0.694. The number of aromatic nitrogens is 1. The maximum atomic E-state index is 13.8. The number of fused-ring (bicyclic) bond motifs is 3. The molecule has 0 saturated carbocycles. The molecule has 4 aromatic rings. The van der Waals surface area contributed by atoms with E-state index in [0.29, 0.717) is 24.3 Å². The fourth-order valence-corrected chi connectivity index (χ4v) is 6.01. The summed E-state index contributed by atoms with van der Waals surface area (Å²) in [4.78, 5) is 47.4. The van der Waals surface area contributed by atoms with Gasteiger partial charge in [0.25, 0.3) is 11.8 Å². The van der Waals surface area contributed by atoms with Crippen molar-refractivity contribution in [3.8, 4) is 11.1 Å². The Morgan fingerprint density at radius 3 is 2.10 bits per heavy atom. The second kappa shape index (κ2) is 9.97. The first-order valence-corrected chi connectivity index (χ1v) is 13.8. The molecule has 3 amide bonds. The first-order chi connectivity index (χ1) is 19.2. The van der Waals surface area contributed by atoms with Crippen molar-refractivity contribution in [3.05, 3.63) is 96.2 Å². The topological polar surface area (TPSA) is 85.5 Å². The van der Waals surface area contributed by atoms with Crippen molar-refractivity contribution in [2.45, 2.75) is 45.3 Å². The van der Waals surface area contributed by atoms with Crippen molar-refractivity contribution in [2.24, 2.45) is 5.41 Å². The van der Waals surface area contributed by atoms with Crippen LogP contribution in [-0.2, 0) is 4.79 Å². The maximum absolute atomic E-state index is 13.8. The number of hydrogen-bond acceptors (Lipinski definition) is 3. The third-order valence-electron chi connectivity index (χ3n) is 8.19. The summed E-state index contributed by atoms with van der Waals surface area (Å²) in [7, 11) is 0. The van der Waals surface area contributed by atoms with Crippen molar-refractivity contribution < 1.29 is 14.4 Å². The van der Waals surface area contributed by atoms with Gasteiger partial charge in [-0.05, 0) is 47.2 Å². The molecule has 3 aromatic carbocycles. The van der Waals surface area contributed by atoms with E-state index >= 15 is 0 Å². The summed E-state index contributed by atoms with van der Waals surface area (Å²) in [6.45, 7) is 6.87. The normalized spacial score (nSPS) is 19.2. The molecule has 0 radical (unpaired) electrons. The minimum Gasteiger partial charge on any atom is -0.351 e. The largest absolute Gasteiger partial charge is 0.351 e. The smallest absolute Gasteiger partial charge is 0.268 e. The lowest BCUT2D eigenvalue weighted by Gasteiger charge is -2.39. The lowest BCUT2D eigenvalue weighted by Crippen LogP contribution is -2.59. The van der Waals surface area contributed by atoms with Crippen LogP contribution in [0.3, 0.4) is 0 Å². The fraction of sp³-hybridized carbons (Fsp3) is 0.303. The molecule has 2 saturated heterocycles. The molecular weight excluding hydrogens is 500 g/mol. The Labute approximate surface area is 234 Å². The molecule has 1 aromatic heterocycles. The summed E-state index contributed by atoms with van der Waals surface area (Å²) >= 11 is 0. The van der Waals surface area contributed by atoms with Crippen molar-refractivity contribution in [2.75, 3.05) is 13.1 Å². The number of carbonyl (C=O) groups is 3. The van der Waals surface area contributed by atoms with Gasteiger partial charge >= 0.3 is 0 Å². The summed E-state index contributed by atoms with van der Waals surface area (Å²) in [5.74, 6) is -0.396. The zero-order chi connectivity index (χ0) is 28.0. The minimum absolute atomic E-state index is 0.00121. The Bertz CT molecular complexity index is 1540. The van der Waals surface area contributed by atoms with Crippen LogP contribution in [0.15, 0.2) is 84.9 Å². The Balaban J connectivity index is 1.13. The molecule has 7 heteroatoms. The van der Waals surface area contributed by atoms with Crippen LogP contribution in [0.5, 0.6) is 0 Å². The summed E-state index contributed by atoms with van der Waals surface area (Å²) < 4.78 is 0. The Kier molecular flexibility index (Phi) is 6.45. The highest BCUT2D eigenvalue weighted by Gasteiger charge is 2.49. The first-order valence-electron chi connectivity index (χ1n) is 13.8.